The zero-order valence-electron chi connectivity index (χ0n) is 17.0. The molecule has 0 aliphatic heterocycles. The number of hydrogen-bond acceptors (Lipinski definition) is 1. The minimum Gasteiger partial charge on any atom is -0.351 e. The van der Waals surface area contributed by atoms with Crippen LogP contribution in [-0.2, 0) is 6.54 Å². The van der Waals surface area contributed by atoms with Crippen molar-refractivity contribution in [1.29, 1.82) is 0 Å². The number of nitrogens with one attached hydrogen (secondary N) is 1. The number of rotatable bonds is 5. The lowest BCUT2D eigenvalue weighted by atomic mass is 9.61. The standard InChI is InChI=1S/C23H33ClN2O/c1-15(2)12-26-13-18(20-19(26)5-4-16(3)21(20)24)22(27)25-14-23-9-6-17(7-10-23)8-11-23/h5,13,15-17H,4,6-12,14H2,1-3H3,(H,25,27). The Labute approximate surface area is 167 Å². The van der Waals surface area contributed by atoms with Crippen molar-refractivity contribution in [3.05, 3.63) is 22.3 Å². The summed E-state index contributed by atoms with van der Waals surface area (Å²) in [6, 6.07) is 0. The molecule has 1 heterocycles. The van der Waals surface area contributed by atoms with Crippen molar-refractivity contribution in [2.24, 2.45) is 23.2 Å². The van der Waals surface area contributed by atoms with Gasteiger partial charge in [0.05, 0.1) is 5.56 Å². The summed E-state index contributed by atoms with van der Waals surface area (Å²) in [5.74, 6) is 1.81. The molecule has 1 N–H and O–H groups in total. The van der Waals surface area contributed by atoms with E-state index in [1.807, 2.05) is 6.20 Å². The summed E-state index contributed by atoms with van der Waals surface area (Å²) in [6.07, 6.45) is 13.1. The van der Waals surface area contributed by atoms with Crippen LogP contribution in [0, 0.1) is 23.2 Å². The molecule has 4 heteroatoms. The van der Waals surface area contributed by atoms with Crippen LogP contribution in [0.4, 0.5) is 0 Å². The van der Waals surface area contributed by atoms with Crippen LogP contribution in [0.5, 0.6) is 0 Å². The summed E-state index contributed by atoms with van der Waals surface area (Å²) >= 11 is 6.71. The first kappa shape index (κ1) is 19.1. The Kier molecular flexibility index (Phi) is 5.18. The molecule has 0 aromatic carbocycles. The van der Waals surface area contributed by atoms with Gasteiger partial charge in [0, 0.05) is 34.9 Å². The molecule has 1 unspecified atom stereocenters. The molecule has 2 bridgehead atoms. The third-order valence-electron chi connectivity index (χ3n) is 7.14. The van der Waals surface area contributed by atoms with Gasteiger partial charge in [0.15, 0.2) is 0 Å². The Bertz CT molecular complexity index is 829. The van der Waals surface area contributed by atoms with E-state index in [0.29, 0.717) is 11.3 Å². The Morgan fingerprint density at radius 2 is 1.96 bits per heavy atom. The lowest BCUT2D eigenvalue weighted by Gasteiger charge is -2.46. The summed E-state index contributed by atoms with van der Waals surface area (Å²) in [7, 11) is 0. The molecule has 3 nitrogen and oxygen atoms in total. The summed E-state index contributed by atoms with van der Waals surface area (Å²) in [5.41, 5.74) is 1.11. The third kappa shape index (κ3) is 3.60. The molecule has 4 aliphatic rings. The van der Waals surface area contributed by atoms with Gasteiger partial charge in [-0.2, -0.15) is 0 Å². The van der Waals surface area contributed by atoms with E-state index < -0.39 is 0 Å². The van der Waals surface area contributed by atoms with Crippen molar-refractivity contribution in [2.45, 2.75) is 72.3 Å². The van der Waals surface area contributed by atoms with E-state index in [9.17, 15) is 4.79 Å². The second-order valence-corrected chi connectivity index (χ2v) is 10.1. The molecule has 3 saturated carbocycles. The maximum atomic E-state index is 13.2. The van der Waals surface area contributed by atoms with Crippen LogP contribution in [0.1, 0.15) is 76.1 Å². The minimum atomic E-state index is 0.0523. The molecular formula is C23H33ClN2O. The molecule has 1 aromatic heterocycles. The predicted molar refractivity (Wildman–Crippen MR) is 112 cm³/mol. The van der Waals surface area contributed by atoms with Crippen LogP contribution in [0.3, 0.4) is 0 Å². The molecule has 1 amide bonds. The van der Waals surface area contributed by atoms with Gasteiger partial charge >= 0.3 is 0 Å². The fourth-order valence-electron chi connectivity index (χ4n) is 5.36. The highest BCUT2D eigenvalue weighted by Gasteiger charge is 2.40. The molecule has 1 atom stereocenters. The summed E-state index contributed by atoms with van der Waals surface area (Å²) in [4.78, 5) is 13.2. The van der Waals surface area contributed by atoms with Crippen molar-refractivity contribution in [3.8, 4) is 0 Å². The highest BCUT2D eigenvalue weighted by atomic mass is 35.5. The van der Waals surface area contributed by atoms with E-state index >= 15 is 0 Å². The van der Waals surface area contributed by atoms with Crippen LogP contribution in [0.25, 0.3) is 11.1 Å². The fraction of sp³-hybridized carbons (Fsp3) is 0.696. The van der Waals surface area contributed by atoms with E-state index in [1.54, 1.807) is 0 Å². The predicted octanol–water partition coefficient (Wildman–Crippen LogP) is 4.01. The van der Waals surface area contributed by atoms with Gasteiger partial charge in [-0.1, -0.05) is 38.4 Å². The van der Waals surface area contributed by atoms with E-state index in [4.69, 9.17) is 11.6 Å². The largest absolute Gasteiger partial charge is 0.351 e. The van der Waals surface area contributed by atoms with E-state index in [-0.39, 0.29) is 11.8 Å². The van der Waals surface area contributed by atoms with Gasteiger partial charge in [-0.05, 0) is 68.1 Å². The van der Waals surface area contributed by atoms with Gasteiger partial charge < -0.3 is 9.88 Å². The topological polar surface area (TPSA) is 34.0 Å². The number of aromatic nitrogens is 1. The van der Waals surface area contributed by atoms with Crippen LogP contribution >= 0.6 is 11.6 Å². The van der Waals surface area contributed by atoms with E-state index in [2.05, 4.69) is 36.7 Å². The van der Waals surface area contributed by atoms with Gasteiger partial charge in [-0.3, -0.25) is 4.79 Å². The Hall–Kier alpha value is -1.22. The molecule has 0 spiro atoms. The second-order valence-electron chi connectivity index (χ2n) is 9.70. The number of halogens is 1. The highest BCUT2D eigenvalue weighted by molar-refractivity contribution is 6.45. The molecular weight excluding hydrogens is 356 g/mol. The van der Waals surface area contributed by atoms with Crippen LogP contribution in [-0.4, -0.2) is 17.0 Å². The molecule has 5 rings (SSSR count). The lowest BCUT2D eigenvalue weighted by molar-refractivity contribution is 0.0597. The third-order valence-corrected chi connectivity index (χ3v) is 7.70. The molecule has 27 heavy (non-hydrogen) atoms. The van der Waals surface area contributed by atoms with Crippen molar-refractivity contribution >= 4 is 28.6 Å². The number of carbonyl (C=O) groups excluding carboxylic acids is 1. The van der Waals surface area contributed by atoms with Crippen molar-refractivity contribution in [3.63, 3.8) is 0 Å². The van der Waals surface area contributed by atoms with Crippen molar-refractivity contribution in [1.82, 2.24) is 9.88 Å². The average Bonchev–Trinajstić information content (AvgIpc) is 3.03. The first-order valence-electron chi connectivity index (χ1n) is 10.8. The maximum absolute atomic E-state index is 13.2. The fourth-order valence-corrected chi connectivity index (χ4v) is 5.65. The van der Waals surface area contributed by atoms with Crippen LogP contribution in [0.2, 0.25) is 0 Å². The zero-order valence-corrected chi connectivity index (χ0v) is 17.7. The quantitative estimate of drug-likeness (QED) is 0.812. The maximum Gasteiger partial charge on any atom is 0.253 e. The number of carbonyl (C=O) groups is 1. The van der Waals surface area contributed by atoms with E-state index in [0.717, 1.165) is 46.6 Å². The smallest absolute Gasteiger partial charge is 0.253 e. The SMILES string of the molecule is CC(C)Cn1cc(C(=O)NCC23CCC(CC2)CC3)c2c1=CCC(C)C=2Cl. The van der Waals surface area contributed by atoms with E-state index in [1.165, 1.54) is 38.5 Å². The number of fused-ring (bicyclic) bond motifs is 4. The summed E-state index contributed by atoms with van der Waals surface area (Å²) < 4.78 is 2.23. The monoisotopic (exact) mass is 388 g/mol. The lowest BCUT2D eigenvalue weighted by Crippen LogP contribution is -2.45. The summed E-state index contributed by atoms with van der Waals surface area (Å²) in [5, 5.41) is 6.25. The Morgan fingerprint density at radius 3 is 2.59 bits per heavy atom. The summed E-state index contributed by atoms with van der Waals surface area (Å²) in [6.45, 7) is 8.29. The first-order valence-corrected chi connectivity index (χ1v) is 11.1. The zero-order chi connectivity index (χ0) is 19.2. The minimum absolute atomic E-state index is 0.0523. The Balaban J connectivity index is 1.61. The molecule has 4 aliphatic carbocycles. The molecule has 148 valence electrons. The Morgan fingerprint density at radius 1 is 1.30 bits per heavy atom. The normalized spacial score (nSPS) is 29.6. The first-order chi connectivity index (χ1) is 12.9. The number of nitrogens with zero attached hydrogens (tertiary/aromatic N) is 1. The van der Waals surface area contributed by atoms with Crippen LogP contribution < -0.4 is 15.9 Å². The van der Waals surface area contributed by atoms with Gasteiger partial charge in [0.25, 0.3) is 5.91 Å². The molecule has 1 aromatic rings. The van der Waals surface area contributed by atoms with Gasteiger partial charge in [-0.15, -0.1) is 0 Å². The number of amides is 1. The molecule has 0 radical (unpaired) electrons. The number of hydrogen-bond donors (Lipinski definition) is 1. The van der Waals surface area contributed by atoms with Crippen molar-refractivity contribution in [2.75, 3.05) is 6.54 Å². The average molecular weight is 389 g/mol. The molecule has 0 saturated heterocycles. The highest BCUT2D eigenvalue weighted by Crippen LogP contribution is 2.49. The van der Waals surface area contributed by atoms with Crippen molar-refractivity contribution < 1.29 is 4.79 Å². The van der Waals surface area contributed by atoms with Crippen LogP contribution in [0.15, 0.2) is 6.20 Å². The molecule has 3 fully saturated rings. The van der Waals surface area contributed by atoms with Gasteiger partial charge in [-0.25, -0.2) is 0 Å². The second kappa shape index (κ2) is 7.31. The van der Waals surface area contributed by atoms with Gasteiger partial charge in [0.1, 0.15) is 0 Å². The van der Waals surface area contributed by atoms with Gasteiger partial charge in [0.2, 0.25) is 0 Å².